The van der Waals surface area contributed by atoms with Gasteiger partial charge in [-0.05, 0) is 165 Å². The van der Waals surface area contributed by atoms with Crippen molar-refractivity contribution >= 4 is 104 Å². The lowest BCUT2D eigenvalue weighted by atomic mass is 10.1. The van der Waals surface area contributed by atoms with E-state index < -0.39 is 21.5 Å². The number of carbonyl (C=O) groups is 9. The average Bonchev–Trinajstić information content (AvgIpc) is 0.875. The van der Waals surface area contributed by atoms with Crippen LogP contribution in [0.2, 0.25) is 10.0 Å². The fraction of sp³-hybridized carbons (Fsp3) is 0.406. The molecule has 0 heterocycles. The third-order valence-electron chi connectivity index (χ3n) is 19.9. The highest BCUT2D eigenvalue weighted by molar-refractivity contribution is 9.10. The standard InChI is InChI=1S/C12H16BrNO.2C12H16FNO.2C12H16N2O3.2C12H17NO.C11H13Cl2NO.C11H13F2NO/c3*1-8(2)12(15)14-9(3)10-4-6-11(13)7-5-10;2*1-8(2)12(15)13-9(3)10-4-6-11(7-5-10)14(16)17;2*1-9(2)12(14)13-10(3)11-7-5-4-6-8-11;2*1-7(2)11(15)14-6-8-3-9(12)5-10(13)4-8/h3*4-9H,1-3H3,(H,14,15);2*4-9H,1-3H3,(H,13,15);2*4-10H,1-3H3,(H,13,14);2*3-5,7H,6H2,1-2H3,(H,14,15)/t5*9-;2*10-;;/m0101010../s1. The molecule has 0 aliphatic carbocycles. The summed E-state index contributed by atoms with van der Waals surface area (Å²) in [6, 6.07) is 60.8. The van der Waals surface area contributed by atoms with E-state index in [1.807, 2.05) is 244 Å². The van der Waals surface area contributed by atoms with E-state index in [0.717, 1.165) is 55.0 Å². The molecule has 0 aliphatic rings. The summed E-state index contributed by atoms with van der Waals surface area (Å²) < 4.78 is 51.9. The highest BCUT2D eigenvalue weighted by atomic mass is 79.9. The third kappa shape index (κ3) is 52.1. The van der Waals surface area contributed by atoms with Crippen LogP contribution in [0.4, 0.5) is 28.9 Å². The molecule has 746 valence electrons. The van der Waals surface area contributed by atoms with Gasteiger partial charge in [0.05, 0.1) is 52.1 Å². The Balaban J connectivity index is 0.000000771. The molecule has 7 atom stereocenters. The SMILES string of the molecule is CC(C)C(=O)NCc1cc(Cl)cc(Cl)c1.CC(C)C(=O)NCc1cc(F)cc(F)c1.CC(C)C(=O)N[C@@H](C)c1ccc(Br)cc1.CC(C)C(=O)N[C@@H](C)c1ccc(F)cc1.CC(C)C(=O)N[C@@H](C)c1ccc([N+](=O)[O-])cc1.CC(C)C(=O)N[C@@H](C)c1ccccc1.CC(C)C(=O)N[C@H](C)c1ccc(F)cc1.CC(C)C(=O)N[C@H](C)c1ccc([N+](=O)[O-])cc1.CC(C)C(=O)N[C@H](C)c1ccccc1. The number of non-ortho nitro benzene ring substituents is 2. The largest absolute Gasteiger partial charge is 0.352 e. The van der Waals surface area contributed by atoms with Gasteiger partial charge in [-0.15, -0.1) is 0 Å². The van der Waals surface area contributed by atoms with Crippen LogP contribution >= 0.6 is 39.1 Å². The zero-order valence-corrected chi connectivity index (χ0v) is 86.4. The Bertz CT molecular complexity index is 4760. The number of nitrogens with one attached hydrogen (secondary N) is 9. The van der Waals surface area contributed by atoms with E-state index >= 15 is 0 Å². The molecule has 137 heavy (non-hydrogen) atoms. The molecule has 0 saturated heterocycles. The Hall–Kier alpha value is -12.2. The van der Waals surface area contributed by atoms with E-state index in [1.54, 1.807) is 80.6 Å². The van der Waals surface area contributed by atoms with Gasteiger partial charge in [-0.1, -0.05) is 285 Å². The van der Waals surface area contributed by atoms with Crippen molar-refractivity contribution in [1.82, 2.24) is 47.9 Å². The number of benzene rings is 9. The van der Waals surface area contributed by atoms with Crippen LogP contribution in [-0.4, -0.2) is 63.0 Å². The minimum atomic E-state index is -0.635. The first-order valence-electron chi connectivity index (χ1n) is 45.5. The summed E-state index contributed by atoms with van der Waals surface area (Å²) in [5.74, 6) is -1.93. The first kappa shape index (κ1) is 123. The predicted octanol–water partition coefficient (Wildman–Crippen LogP) is 24.0. The molecule has 0 fully saturated rings. The van der Waals surface area contributed by atoms with Gasteiger partial charge in [0.2, 0.25) is 53.2 Å². The smallest absolute Gasteiger partial charge is 0.269 e. The number of amides is 9. The molecule has 9 aromatic rings. The highest BCUT2D eigenvalue weighted by Gasteiger charge is 2.21. The van der Waals surface area contributed by atoms with Gasteiger partial charge in [0, 0.05) is 111 Å². The lowest BCUT2D eigenvalue weighted by Gasteiger charge is -2.15. The number of nitro benzene ring substituents is 2. The molecule has 0 aliphatic heterocycles. The van der Waals surface area contributed by atoms with Gasteiger partial charge in [-0.25, -0.2) is 17.6 Å². The Morgan fingerprint density at radius 1 is 0.263 bits per heavy atom. The zero-order chi connectivity index (χ0) is 104. The molecular weight excluding hydrogens is 1860 g/mol. The molecule has 0 radical (unpaired) electrons. The molecule has 0 spiro atoms. The molecule has 9 amide bonds. The number of hydrogen-bond acceptors (Lipinski definition) is 13. The van der Waals surface area contributed by atoms with E-state index in [0.29, 0.717) is 22.2 Å². The molecule has 0 aromatic heterocycles. The van der Waals surface area contributed by atoms with Gasteiger partial charge in [0.1, 0.15) is 23.3 Å². The third-order valence-corrected chi connectivity index (χ3v) is 20.9. The maximum absolute atomic E-state index is 12.8. The lowest BCUT2D eigenvalue weighted by Crippen LogP contribution is -2.30. The quantitative estimate of drug-likeness (QED) is 0.0120. The second kappa shape index (κ2) is 64.7. The van der Waals surface area contributed by atoms with Gasteiger partial charge in [-0.2, -0.15) is 0 Å². The number of nitrogens with zero attached hydrogens (tertiary/aromatic N) is 2. The van der Waals surface area contributed by atoms with Crippen molar-refractivity contribution in [1.29, 1.82) is 0 Å². The molecule has 31 heteroatoms. The fourth-order valence-electron chi connectivity index (χ4n) is 11.0. The Kier molecular flexibility index (Phi) is 58.0. The van der Waals surface area contributed by atoms with Gasteiger partial charge in [0.15, 0.2) is 0 Å². The van der Waals surface area contributed by atoms with Crippen molar-refractivity contribution in [2.24, 2.45) is 53.3 Å². The Labute approximate surface area is 825 Å². The number of halogens is 7. The van der Waals surface area contributed by atoms with E-state index in [4.69, 9.17) is 23.2 Å². The number of carbonyl (C=O) groups excluding carboxylic acids is 9. The summed E-state index contributed by atoms with van der Waals surface area (Å²) in [4.78, 5) is 123. The van der Waals surface area contributed by atoms with Gasteiger partial charge in [-0.3, -0.25) is 63.4 Å². The topological polar surface area (TPSA) is 348 Å². The average molecular weight is 2000 g/mol. The van der Waals surface area contributed by atoms with Crippen molar-refractivity contribution in [3.63, 3.8) is 0 Å². The van der Waals surface area contributed by atoms with Crippen LogP contribution in [0.25, 0.3) is 0 Å². The normalized spacial score (nSPS) is 12.0. The molecule has 0 bridgehead atoms. The Morgan fingerprint density at radius 3 is 0.657 bits per heavy atom. The van der Waals surface area contributed by atoms with Crippen molar-refractivity contribution in [2.75, 3.05) is 0 Å². The van der Waals surface area contributed by atoms with Crippen molar-refractivity contribution in [3.8, 4) is 0 Å². The minimum absolute atomic E-state index is 0.00632. The Morgan fingerprint density at radius 2 is 0.453 bits per heavy atom. The van der Waals surface area contributed by atoms with Crippen molar-refractivity contribution < 1.29 is 70.6 Å². The van der Waals surface area contributed by atoms with Gasteiger partial charge in [0.25, 0.3) is 11.4 Å². The van der Waals surface area contributed by atoms with Crippen LogP contribution in [-0.2, 0) is 56.2 Å². The molecule has 9 N–H and O–H groups in total. The summed E-state index contributed by atoms with van der Waals surface area (Å²) >= 11 is 15.0. The van der Waals surface area contributed by atoms with E-state index in [1.165, 1.54) is 60.7 Å². The van der Waals surface area contributed by atoms with E-state index in [2.05, 4.69) is 63.8 Å². The lowest BCUT2D eigenvalue weighted by molar-refractivity contribution is -0.385. The van der Waals surface area contributed by atoms with E-state index in [9.17, 15) is 80.9 Å². The molecule has 24 nitrogen and oxygen atoms in total. The van der Waals surface area contributed by atoms with Gasteiger partial charge >= 0.3 is 0 Å². The van der Waals surface area contributed by atoms with E-state index in [-0.39, 0.29) is 178 Å². The number of nitro groups is 2. The summed E-state index contributed by atoms with van der Waals surface area (Å²) in [6.45, 7) is 47.2. The second-order valence-corrected chi connectivity index (χ2v) is 37.0. The maximum atomic E-state index is 12.8. The summed E-state index contributed by atoms with van der Waals surface area (Å²) in [5.41, 5.74) is 8.34. The first-order valence-corrected chi connectivity index (χ1v) is 47.0. The molecule has 9 rings (SSSR count). The molecule has 0 saturated carbocycles. The van der Waals surface area contributed by atoms with Crippen LogP contribution in [0, 0.1) is 96.8 Å². The molecule has 0 unspecified atom stereocenters. The summed E-state index contributed by atoms with van der Waals surface area (Å²) in [5, 5.41) is 47.8. The monoisotopic (exact) mass is 2000 g/mol. The highest BCUT2D eigenvalue weighted by Crippen LogP contribution is 2.25. The predicted molar refractivity (Wildman–Crippen MR) is 542 cm³/mol. The van der Waals surface area contributed by atoms with Crippen molar-refractivity contribution in [2.45, 2.75) is 228 Å². The minimum Gasteiger partial charge on any atom is -0.352 e. The molecule has 9 aromatic carbocycles. The maximum Gasteiger partial charge on any atom is 0.269 e. The molecular formula is C106H140BrCl2F4N11O13. The summed E-state index contributed by atoms with van der Waals surface area (Å²) in [6.07, 6.45) is 0. The van der Waals surface area contributed by atoms with Gasteiger partial charge < -0.3 is 47.9 Å². The van der Waals surface area contributed by atoms with Crippen LogP contribution in [0.3, 0.4) is 0 Å². The van der Waals surface area contributed by atoms with Crippen LogP contribution in [0.1, 0.15) is 265 Å². The zero-order valence-electron chi connectivity index (χ0n) is 83.3. The second-order valence-electron chi connectivity index (χ2n) is 35.2. The number of hydrogen-bond donors (Lipinski definition) is 9. The van der Waals surface area contributed by atoms with Crippen LogP contribution in [0.5, 0.6) is 0 Å². The van der Waals surface area contributed by atoms with Crippen LogP contribution < -0.4 is 47.9 Å². The first-order chi connectivity index (χ1) is 64.0. The van der Waals surface area contributed by atoms with Crippen molar-refractivity contribution in [3.05, 3.63) is 326 Å². The number of rotatable bonds is 29. The summed E-state index contributed by atoms with van der Waals surface area (Å²) in [7, 11) is 0. The fourth-order valence-corrected chi connectivity index (χ4v) is 11.8. The van der Waals surface area contributed by atoms with Crippen LogP contribution in [0.15, 0.2) is 223 Å².